The summed E-state index contributed by atoms with van der Waals surface area (Å²) in [5.41, 5.74) is 1.07. The molecule has 0 bridgehead atoms. The molecular formula is C16H19FN4O2. The Bertz CT molecular complexity index is 703. The Labute approximate surface area is 133 Å². The highest BCUT2D eigenvalue weighted by Crippen LogP contribution is 2.26. The first kappa shape index (κ1) is 15.6. The SMILES string of the molecule is CO[C@@H]1CCN(C(=O)c2ccncc2F)[C@@H]1Cc1cnn(C)c1. The molecule has 7 heteroatoms. The molecular weight excluding hydrogens is 299 g/mol. The monoisotopic (exact) mass is 318 g/mol. The van der Waals surface area contributed by atoms with Gasteiger partial charge in [-0.25, -0.2) is 4.39 Å². The average Bonchev–Trinajstić information content (AvgIpc) is 3.13. The van der Waals surface area contributed by atoms with E-state index in [9.17, 15) is 9.18 Å². The number of methoxy groups -OCH3 is 1. The second-order valence-corrected chi connectivity index (χ2v) is 5.71. The number of pyridine rings is 1. The van der Waals surface area contributed by atoms with Crippen LogP contribution in [0.2, 0.25) is 0 Å². The third kappa shape index (κ3) is 3.10. The summed E-state index contributed by atoms with van der Waals surface area (Å²) in [7, 11) is 3.49. The number of nitrogens with zero attached hydrogens (tertiary/aromatic N) is 4. The van der Waals surface area contributed by atoms with Crippen LogP contribution in [0.1, 0.15) is 22.3 Å². The van der Waals surface area contributed by atoms with Gasteiger partial charge >= 0.3 is 0 Å². The lowest BCUT2D eigenvalue weighted by molar-refractivity contribution is 0.0505. The molecule has 2 aromatic rings. The molecule has 0 saturated carbocycles. The number of rotatable bonds is 4. The molecule has 2 aromatic heterocycles. The Morgan fingerprint density at radius 1 is 1.48 bits per heavy atom. The first-order chi connectivity index (χ1) is 11.1. The molecule has 0 unspecified atom stereocenters. The van der Waals surface area contributed by atoms with Crippen LogP contribution in [-0.2, 0) is 18.2 Å². The van der Waals surface area contributed by atoms with Crippen molar-refractivity contribution in [2.24, 2.45) is 7.05 Å². The van der Waals surface area contributed by atoms with Crippen molar-refractivity contribution in [2.75, 3.05) is 13.7 Å². The maximum atomic E-state index is 13.9. The Balaban J connectivity index is 1.84. The molecule has 3 rings (SSSR count). The molecule has 0 aromatic carbocycles. The van der Waals surface area contributed by atoms with Crippen LogP contribution in [0.4, 0.5) is 4.39 Å². The third-order valence-electron chi connectivity index (χ3n) is 4.25. The number of aromatic nitrogens is 3. The van der Waals surface area contributed by atoms with Crippen LogP contribution < -0.4 is 0 Å². The summed E-state index contributed by atoms with van der Waals surface area (Å²) < 4.78 is 21.1. The summed E-state index contributed by atoms with van der Waals surface area (Å²) in [5.74, 6) is -0.920. The zero-order valence-corrected chi connectivity index (χ0v) is 13.1. The first-order valence-corrected chi connectivity index (χ1v) is 7.51. The number of hydrogen-bond acceptors (Lipinski definition) is 4. The van der Waals surface area contributed by atoms with Crippen LogP contribution in [0.15, 0.2) is 30.9 Å². The number of aryl methyl sites for hydroxylation is 1. The number of ether oxygens (including phenoxy) is 1. The average molecular weight is 318 g/mol. The Morgan fingerprint density at radius 3 is 2.96 bits per heavy atom. The molecule has 1 fully saturated rings. The highest BCUT2D eigenvalue weighted by molar-refractivity contribution is 5.94. The van der Waals surface area contributed by atoms with E-state index in [0.29, 0.717) is 13.0 Å². The number of likely N-dealkylation sites (tertiary alicyclic amines) is 1. The van der Waals surface area contributed by atoms with Crippen LogP contribution >= 0.6 is 0 Å². The lowest BCUT2D eigenvalue weighted by Gasteiger charge is -2.27. The lowest BCUT2D eigenvalue weighted by atomic mass is 10.0. The van der Waals surface area contributed by atoms with E-state index in [0.717, 1.165) is 18.2 Å². The van der Waals surface area contributed by atoms with Crippen molar-refractivity contribution < 1.29 is 13.9 Å². The van der Waals surface area contributed by atoms with Gasteiger partial charge in [0.1, 0.15) is 0 Å². The van der Waals surface area contributed by atoms with E-state index in [2.05, 4.69) is 10.1 Å². The number of carbonyl (C=O) groups excluding carboxylic acids is 1. The fourth-order valence-electron chi connectivity index (χ4n) is 3.12. The van der Waals surface area contributed by atoms with Gasteiger partial charge in [0, 0.05) is 33.1 Å². The van der Waals surface area contributed by atoms with Gasteiger partial charge < -0.3 is 9.64 Å². The molecule has 0 N–H and O–H groups in total. The van der Waals surface area contributed by atoms with E-state index in [1.807, 2.05) is 13.2 Å². The van der Waals surface area contributed by atoms with Crippen molar-refractivity contribution >= 4 is 5.91 Å². The van der Waals surface area contributed by atoms with Gasteiger partial charge in [0.15, 0.2) is 5.82 Å². The molecule has 2 atom stereocenters. The molecule has 23 heavy (non-hydrogen) atoms. The summed E-state index contributed by atoms with van der Waals surface area (Å²) in [6.45, 7) is 0.546. The zero-order valence-electron chi connectivity index (χ0n) is 13.1. The van der Waals surface area contributed by atoms with E-state index < -0.39 is 5.82 Å². The summed E-state index contributed by atoms with van der Waals surface area (Å²) >= 11 is 0. The largest absolute Gasteiger partial charge is 0.379 e. The summed E-state index contributed by atoms with van der Waals surface area (Å²) in [6.07, 6.45) is 7.49. The predicted octanol–water partition coefficient (Wildman–Crippen LogP) is 1.43. The highest BCUT2D eigenvalue weighted by atomic mass is 19.1. The first-order valence-electron chi connectivity index (χ1n) is 7.51. The molecule has 0 aliphatic carbocycles. The second kappa shape index (κ2) is 6.45. The van der Waals surface area contributed by atoms with E-state index in [4.69, 9.17) is 4.74 Å². The topological polar surface area (TPSA) is 60.2 Å². The lowest BCUT2D eigenvalue weighted by Crippen LogP contribution is -2.42. The van der Waals surface area contributed by atoms with Crippen molar-refractivity contribution in [2.45, 2.75) is 25.0 Å². The number of halogens is 1. The Hall–Kier alpha value is -2.28. The fourth-order valence-corrected chi connectivity index (χ4v) is 3.12. The smallest absolute Gasteiger partial charge is 0.257 e. The fraction of sp³-hybridized carbons (Fsp3) is 0.438. The minimum absolute atomic E-state index is 0.0490. The summed E-state index contributed by atoms with van der Waals surface area (Å²) in [4.78, 5) is 18.1. The minimum Gasteiger partial charge on any atom is -0.379 e. The molecule has 1 aliphatic rings. The quantitative estimate of drug-likeness (QED) is 0.855. The predicted molar refractivity (Wildman–Crippen MR) is 81.3 cm³/mol. The van der Waals surface area contributed by atoms with E-state index in [1.54, 1.807) is 22.9 Å². The maximum Gasteiger partial charge on any atom is 0.257 e. The van der Waals surface area contributed by atoms with E-state index >= 15 is 0 Å². The van der Waals surface area contributed by atoms with Gasteiger partial charge in [-0.3, -0.25) is 14.5 Å². The maximum absolute atomic E-state index is 13.9. The number of amides is 1. The molecule has 0 spiro atoms. The molecule has 1 amide bonds. The molecule has 6 nitrogen and oxygen atoms in total. The Kier molecular flexibility index (Phi) is 4.38. The van der Waals surface area contributed by atoms with Gasteiger partial charge in [0.2, 0.25) is 0 Å². The van der Waals surface area contributed by atoms with Gasteiger partial charge in [0.25, 0.3) is 5.91 Å². The van der Waals surface area contributed by atoms with Crippen molar-refractivity contribution in [1.29, 1.82) is 0 Å². The zero-order chi connectivity index (χ0) is 16.4. The molecule has 122 valence electrons. The van der Waals surface area contributed by atoms with Crippen LogP contribution in [0.25, 0.3) is 0 Å². The molecule has 0 radical (unpaired) electrons. The third-order valence-corrected chi connectivity index (χ3v) is 4.25. The molecule has 1 saturated heterocycles. The molecule has 1 aliphatic heterocycles. The van der Waals surface area contributed by atoms with Crippen molar-refractivity contribution in [3.63, 3.8) is 0 Å². The van der Waals surface area contributed by atoms with E-state index in [1.165, 1.54) is 12.3 Å². The summed E-state index contributed by atoms with van der Waals surface area (Å²) in [5, 5.41) is 4.16. The van der Waals surface area contributed by atoms with Gasteiger partial charge in [-0.2, -0.15) is 5.10 Å². The summed E-state index contributed by atoms with van der Waals surface area (Å²) in [6, 6.07) is 1.28. The van der Waals surface area contributed by atoms with Crippen molar-refractivity contribution in [3.05, 3.63) is 47.8 Å². The van der Waals surface area contributed by atoms with Gasteiger partial charge in [-0.05, 0) is 24.5 Å². The molecule has 3 heterocycles. The van der Waals surface area contributed by atoms with Crippen molar-refractivity contribution in [1.82, 2.24) is 19.7 Å². The minimum atomic E-state index is -0.599. The van der Waals surface area contributed by atoms with Crippen molar-refractivity contribution in [3.8, 4) is 0 Å². The van der Waals surface area contributed by atoms with E-state index in [-0.39, 0.29) is 23.6 Å². The Morgan fingerprint density at radius 2 is 2.30 bits per heavy atom. The normalized spacial score (nSPS) is 20.9. The van der Waals surface area contributed by atoms with Crippen LogP contribution in [0.3, 0.4) is 0 Å². The van der Waals surface area contributed by atoms with Crippen LogP contribution in [-0.4, -0.2) is 51.4 Å². The van der Waals surface area contributed by atoms with Gasteiger partial charge in [0.05, 0.1) is 30.1 Å². The second-order valence-electron chi connectivity index (χ2n) is 5.71. The van der Waals surface area contributed by atoms with Crippen LogP contribution in [0, 0.1) is 5.82 Å². The standard InChI is InChI=1S/C16H19FN4O2/c1-20-10-11(8-19-20)7-14-15(23-2)4-6-21(14)16(22)12-3-5-18-9-13(12)17/h3,5,8-10,14-15H,4,6-7H2,1-2H3/t14-,15-/m1/s1. The highest BCUT2D eigenvalue weighted by Gasteiger charge is 2.38. The van der Waals surface area contributed by atoms with Gasteiger partial charge in [-0.1, -0.05) is 0 Å². The van der Waals surface area contributed by atoms with Crippen LogP contribution in [0.5, 0.6) is 0 Å². The van der Waals surface area contributed by atoms with Gasteiger partial charge in [-0.15, -0.1) is 0 Å². The number of carbonyl (C=O) groups is 1. The number of hydrogen-bond donors (Lipinski definition) is 0.